The van der Waals surface area contributed by atoms with E-state index in [1.54, 1.807) is 0 Å². The molecule has 2 atom stereocenters. The Labute approximate surface area is 80.7 Å². The highest BCUT2D eigenvalue weighted by Gasteiger charge is 2.45. The molecule has 0 amide bonds. The smallest absolute Gasteiger partial charge is 0.202 e. The van der Waals surface area contributed by atoms with E-state index in [-0.39, 0.29) is 24.4 Å². The summed E-state index contributed by atoms with van der Waals surface area (Å²) in [6, 6.07) is 0. The maximum Gasteiger partial charge on any atom is 0.202 e. The molecule has 2 saturated carbocycles. The zero-order chi connectivity index (χ0) is 10.3. The minimum atomic E-state index is -0.499. The Morgan fingerprint density at radius 1 is 0.714 bits per heavy atom. The molecule has 4 heteroatoms. The normalized spacial score (nSPS) is 33.1. The molecule has 0 aromatic rings. The summed E-state index contributed by atoms with van der Waals surface area (Å²) >= 11 is 0. The highest BCUT2D eigenvalue weighted by atomic mass is 16.2. The van der Waals surface area contributed by atoms with Crippen LogP contribution < -0.4 is 0 Å². The lowest BCUT2D eigenvalue weighted by Gasteiger charge is -2.11. The van der Waals surface area contributed by atoms with Gasteiger partial charge in [0.2, 0.25) is 11.6 Å². The lowest BCUT2D eigenvalue weighted by atomic mass is 9.88. The minimum Gasteiger partial charge on any atom is -0.291 e. The van der Waals surface area contributed by atoms with E-state index < -0.39 is 23.4 Å². The lowest BCUT2D eigenvalue weighted by Crippen LogP contribution is -2.26. The topological polar surface area (TPSA) is 68.3 Å². The number of hydrogen-bond donors (Lipinski definition) is 0. The lowest BCUT2D eigenvalue weighted by molar-refractivity contribution is -0.140. The van der Waals surface area contributed by atoms with Crippen LogP contribution in [0, 0.1) is 11.8 Å². The molecule has 0 spiro atoms. The van der Waals surface area contributed by atoms with Gasteiger partial charge < -0.3 is 0 Å². The first-order valence-corrected chi connectivity index (χ1v) is 4.75. The van der Waals surface area contributed by atoms with Crippen molar-refractivity contribution >= 4 is 23.1 Å². The van der Waals surface area contributed by atoms with Crippen LogP contribution in [0.15, 0.2) is 0 Å². The van der Waals surface area contributed by atoms with Crippen molar-refractivity contribution in [3.05, 3.63) is 0 Å². The Morgan fingerprint density at radius 2 is 1.07 bits per heavy atom. The Bertz CT molecular complexity index is 308. The van der Waals surface area contributed by atoms with Gasteiger partial charge in [-0.2, -0.15) is 0 Å². The highest BCUT2D eigenvalue weighted by molar-refractivity contribution is 6.44. The van der Waals surface area contributed by atoms with Gasteiger partial charge in [0.25, 0.3) is 0 Å². The van der Waals surface area contributed by atoms with E-state index in [9.17, 15) is 19.2 Å². The van der Waals surface area contributed by atoms with E-state index in [4.69, 9.17) is 0 Å². The quantitative estimate of drug-likeness (QED) is 0.554. The summed E-state index contributed by atoms with van der Waals surface area (Å²) in [6.07, 6.45) is 1.37. The molecule has 0 aliphatic heterocycles. The second-order valence-electron chi connectivity index (χ2n) is 3.87. The van der Waals surface area contributed by atoms with Gasteiger partial charge in [-0.05, 0) is 12.8 Å². The van der Waals surface area contributed by atoms with Crippen LogP contribution in [0.1, 0.15) is 25.7 Å². The van der Waals surface area contributed by atoms with Crippen LogP contribution in [0.3, 0.4) is 0 Å². The van der Waals surface area contributed by atoms with Crippen LogP contribution in [0.2, 0.25) is 0 Å². The molecular weight excluding hydrogens is 184 g/mol. The molecule has 2 fully saturated rings. The number of hydrogen-bond acceptors (Lipinski definition) is 4. The number of ketones is 4. The van der Waals surface area contributed by atoms with E-state index in [2.05, 4.69) is 0 Å². The summed E-state index contributed by atoms with van der Waals surface area (Å²) < 4.78 is 0. The van der Waals surface area contributed by atoms with Gasteiger partial charge in [0.15, 0.2) is 11.6 Å². The number of carbonyl (C=O) groups is 4. The SMILES string of the molecule is O=C1CCC(C2CCC(=O)C2=O)C1=O. The van der Waals surface area contributed by atoms with Crippen molar-refractivity contribution < 1.29 is 19.2 Å². The summed E-state index contributed by atoms with van der Waals surface area (Å²) in [5, 5.41) is 0. The predicted molar refractivity (Wildman–Crippen MR) is 45.5 cm³/mol. The van der Waals surface area contributed by atoms with Gasteiger partial charge in [-0.15, -0.1) is 0 Å². The van der Waals surface area contributed by atoms with Gasteiger partial charge >= 0.3 is 0 Å². The monoisotopic (exact) mass is 194 g/mol. The van der Waals surface area contributed by atoms with Crippen molar-refractivity contribution in [1.29, 1.82) is 0 Å². The van der Waals surface area contributed by atoms with Crippen molar-refractivity contribution in [2.75, 3.05) is 0 Å². The zero-order valence-corrected chi connectivity index (χ0v) is 7.62. The van der Waals surface area contributed by atoms with E-state index in [1.165, 1.54) is 0 Å². The fraction of sp³-hybridized carbons (Fsp3) is 0.600. The van der Waals surface area contributed by atoms with Gasteiger partial charge in [-0.3, -0.25) is 19.2 Å². The maximum absolute atomic E-state index is 11.3. The maximum atomic E-state index is 11.3. The van der Waals surface area contributed by atoms with E-state index in [0.29, 0.717) is 12.8 Å². The molecule has 0 heterocycles. The van der Waals surface area contributed by atoms with Crippen molar-refractivity contribution in [3.8, 4) is 0 Å². The fourth-order valence-electron chi connectivity index (χ4n) is 2.26. The molecule has 0 saturated heterocycles. The second-order valence-corrected chi connectivity index (χ2v) is 3.87. The molecule has 2 aliphatic carbocycles. The molecule has 0 bridgehead atoms. The van der Waals surface area contributed by atoms with Gasteiger partial charge in [0.05, 0.1) is 0 Å². The zero-order valence-electron chi connectivity index (χ0n) is 7.62. The van der Waals surface area contributed by atoms with Crippen molar-refractivity contribution in [2.24, 2.45) is 11.8 Å². The molecule has 2 rings (SSSR count). The van der Waals surface area contributed by atoms with E-state index in [0.717, 1.165) is 0 Å². The Morgan fingerprint density at radius 3 is 1.29 bits per heavy atom. The molecule has 74 valence electrons. The summed E-state index contributed by atoms with van der Waals surface area (Å²) in [5.41, 5.74) is 0. The van der Waals surface area contributed by atoms with Gasteiger partial charge in [0, 0.05) is 24.7 Å². The van der Waals surface area contributed by atoms with Gasteiger partial charge in [-0.1, -0.05) is 0 Å². The summed E-state index contributed by atoms with van der Waals surface area (Å²) in [7, 11) is 0. The third-order valence-corrected chi connectivity index (χ3v) is 3.07. The molecule has 0 aromatic heterocycles. The van der Waals surface area contributed by atoms with Gasteiger partial charge in [0.1, 0.15) is 0 Å². The van der Waals surface area contributed by atoms with Crippen LogP contribution in [0.25, 0.3) is 0 Å². The highest BCUT2D eigenvalue weighted by Crippen LogP contribution is 2.33. The first-order chi connectivity index (χ1) is 6.61. The van der Waals surface area contributed by atoms with E-state index >= 15 is 0 Å². The van der Waals surface area contributed by atoms with Gasteiger partial charge in [-0.25, -0.2) is 0 Å². The Hall–Kier alpha value is -1.32. The molecule has 14 heavy (non-hydrogen) atoms. The molecule has 0 N–H and O–H groups in total. The third-order valence-electron chi connectivity index (χ3n) is 3.07. The number of carbonyl (C=O) groups excluding carboxylic acids is 4. The standard InChI is InChI=1S/C10H10O4/c11-7-3-1-5(9(7)13)6-2-4-8(12)10(6)14/h5-6H,1-4H2. The summed E-state index contributed by atoms with van der Waals surface area (Å²) in [6.45, 7) is 0. The Kier molecular flexibility index (Phi) is 2.06. The average Bonchev–Trinajstić information content (AvgIpc) is 2.63. The summed E-state index contributed by atoms with van der Waals surface area (Å²) in [5.74, 6) is -2.66. The number of Topliss-reactive ketones (excluding diaryl/α,β-unsaturated/α-hetero) is 4. The molecule has 0 aromatic carbocycles. The van der Waals surface area contributed by atoms with Crippen LogP contribution in [-0.2, 0) is 19.2 Å². The molecule has 0 radical (unpaired) electrons. The first-order valence-electron chi connectivity index (χ1n) is 4.75. The Balaban J connectivity index is 2.17. The fourth-order valence-corrected chi connectivity index (χ4v) is 2.26. The van der Waals surface area contributed by atoms with Crippen LogP contribution in [-0.4, -0.2) is 23.1 Å². The summed E-state index contributed by atoms with van der Waals surface area (Å²) in [4.78, 5) is 44.6. The third kappa shape index (κ3) is 1.22. The van der Waals surface area contributed by atoms with E-state index in [1.807, 2.05) is 0 Å². The second kappa shape index (κ2) is 3.12. The van der Waals surface area contributed by atoms with Crippen LogP contribution in [0.5, 0.6) is 0 Å². The number of rotatable bonds is 1. The van der Waals surface area contributed by atoms with Crippen LogP contribution >= 0.6 is 0 Å². The molecule has 4 nitrogen and oxygen atoms in total. The first kappa shape index (κ1) is 9.24. The predicted octanol–water partition coefficient (Wildman–Crippen LogP) is 0.0828. The van der Waals surface area contributed by atoms with Crippen molar-refractivity contribution in [3.63, 3.8) is 0 Å². The molecular formula is C10H10O4. The minimum absolute atomic E-state index is 0.238. The van der Waals surface area contributed by atoms with Crippen molar-refractivity contribution in [2.45, 2.75) is 25.7 Å². The molecule has 2 unspecified atom stereocenters. The average molecular weight is 194 g/mol. The molecule has 2 aliphatic rings. The van der Waals surface area contributed by atoms with Crippen molar-refractivity contribution in [1.82, 2.24) is 0 Å². The largest absolute Gasteiger partial charge is 0.291 e. The van der Waals surface area contributed by atoms with Crippen LogP contribution in [0.4, 0.5) is 0 Å².